The Balaban J connectivity index is 2.30. The van der Waals surface area contributed by atoms with Crippen LogP contribution in [0.2, 0.25) is 0 Å². The molecule has 1 aromatic heterocycles. The number of nitrogens with zero attached hydrogens (tertiary/aromatic N) is 1. The average molecular weight is 309 g/mol. The standard InChI is InChI=1S/C17H15N3O3/c1-2-18-17(21)16-15(11-6-4-3-5-7-11)13-10-12(20(22)23)8-9-14(13)19-16/h3-10,19H,2H2,1H3,(H,18,21). The Morgan fingerprint density at radius 1 is 1.22 bits per heavy atom. The summed E-state index contributed by atoms with van der Waals surface area (Å²) in [5.41, 5.74) is 2.61. The molecule has 0 aliphatic rings. The number of aromatic amines is 1. The Kier molecular flexibility index (Phi) is 3.80. The van der Waals surface area contributed by atoms with Gasteiger partial charge in [0, 0.05) is 35.1 Å². The zero-order valence-corrected chi connectivity index (χ0v) is 12.5. The summed E-state index contributed by atoms with van der Waals surface area (Å²) in [6.07, 6.45) is 0. The Morgan fingerprint density at radius 3 is 2.61 bits per heavy atom. The van der Waals surface area contributed by atoms with Crippen LogP contribution in [-0.4, -0.2) is 22.4 Å². The van der Waals surface area contributed by atoms with Crippen LogP contribution in [0.3, 0.4) is 0 Å². The molecule has 0 radical (unpaired) electrons. The maximum Gasteiger partial charge on any atom is 0.270 e. The normalized spacial score (nSPS) is 10.7. The van der Waals surface area contributed by atoms with Crippen LogP contribution in [0.1, 0.15) is 17.4 Å². The van der Waals surface area contributed by atoms with Crippen molar-refractivity contribution >= 4 is 22.5 Å². The summed E-state index contributed by atoms with van der Waals surface area (Å²) in [5.74, 6) is -0.231. The molecule has 0 aliphatic heterocycles. The van der Waals surface area contributed by atoms with Gasteiger partial charge in [-0.2, -0.15) is 0 Å². The molecular formula is C17H15N3O3. The molecule has 3 aromatic rings. The Hall–Kier alpha value is -3.15. The zero-order valence-electron chi connectivity index (χ0n) is 12.5. The SMILES string of the molecule is CCNC(=O)c1[nH]c2ccc([N+](=O)[O-])cc2c1-c1ccccc1. The highest BCUT2D eigenvalue weighted by Gasteiger charge is 2.20. The van der Waals surface area contributed by atoms with Crippen molar-refractivity contribution in [3.05, 3.63) is 64.3 Å². The Morgan fingerprint density at radius 2 is 1.96 bits per heavy atom. The van der Waals surface area contributed by atoms with Crippen LogP contribution in [-0.2, 0) is 0 Å². The molecule has 0 unspecified atom stereocenters. The molecular weight excluding hydrogens is 294 g/mol. The number of non-ortho nitro benzene ring substituents is 1. The van der Waals surface area contributed by atoms with Crippen molar-refractivity contribution in [1.82, 2.24) is 10.3 Å². The molecule has 1 amide bonds. The van der Waals surface area contributed by atoms with E-state index in [2.05, 4.69) is 10.3 Å². The number of hydrogen-bond acceptors (Lipinski definition) is 3. The Labute approximate surface area is 132 Å². The fourth-order valence-corrected chi connectivity index (χ4v) is 2.62. The van der Waals surface area contributed by atoms with E-state index in [1.54, 1.807) is 6.07 Å². The minimum absolute atomic E-state index is 0.00358. The second-order valence-electron chi connectivity index (χ2n) is 5.09. The van der Waals surface area contributed by atoms with Gasteiger partial charge in [-0.1, -0.05) is 30.3 Å². The van der Waals surface area contributed by atoms with Gasteiger partial charge in [0.05, 0.1) is 4.92 Å². The van der Waals surface area contributed by atoms with Gasteiger partial charge in [0.15, 0.2) is 0 Å². The van der Waals surface area contributed by atoms with Gasteiger partial charge in [-0.15, -0.1) is 0 Å². The third-order valence-corrected chi connectivity index (χ3v) is 3.62. The molecule has 0 saturated heterocycles. The van der Waals surface area contributed by atoms with E-state index in [1.165, 1.54) is 12.1 Å². The second kappa shape index (κ2) is 5.92. The lowest BCUT2D eigenvalue weighted by molar-refractivity contribution is -0.384. The van der Waals surface area contributed by atoms with E-state index >= 15 is 0 Å². The molecule has 1 heterocycles. The van der Waals surface area contributed by atoms with Crippen molar-refractivity contribution in [2.24, 2.45) is 0 Å². The molecule has 0 bridgehead atoms. The van der Waals surface area contributed by atoms with E-state index in [-0.39, 0.29) is 11.6 Å². The lowest BCUT2D eigenvalue weighted by Crippen LogP contribution is -2.23. The van der Waals surface area contributed by atoms with E-state index in [4.69, 9.17) is 0 Å². The summed E-state index contributed by atoms with van der Waals surface area (Å²) in [6.45, 7) is 2.34. The molecule has 0 fully saturated rings. The third kappa shape index (κ3) is 2.66. The summed E-state index contributed by atoms with van der Waals surface area (Å²) >= 11 is 0. The summed E-state index contributed by atoms with van der Waals surface area (Å²) < 4.78 is 0. The summed E-state index contributed by atoms with van der Waals surface area (Å²) in [4.78, 5) is 26.0. The zero-order chi connectivity index (χ0) is 16.4. The number of hydrogen-bond donors (Lipinski definition) is 2. The number of nitro groups is 1. The second-order valence-corrected chi connectivity index (χ2v) is 5.09. The van der Waals surface area contributed by atoms with Gasteiger partial charge in [-0.3, -0.25) is 14.9 Å². The fourth-order valence-electron chi connectivity index (χ4n) is 2.62. The highest BCUT2D eigenvalue weighted by atomic mass is 16.6. The number of aromatic nitrogens is 1. The number of fused-ring (bicyclic) bond motifs is 1. The Bertz CT molecular complexity index is 885. The molecule has 0 atom stereocenters. The number of nitro benzene ring substituents is 1. The molecule has 2 aromatic carbocycles. The van der Waals surface area contributed by atoms with Gasteiger partial charge in [-0.25, -0.2) is 0 Å². The van der Waals surface area contributed by atoms with Gasteiger partial charge < -0.3 is 10.3 Å². The maximum atomic E-state index is 12.4. The van der Waals surface area contributed by atoms with E-state index in [1.807, 2.05) is 37.3 Å². The molecule has 2 N–H and O–H groups in total. The van der Waals surface area contributed by atoms with Crippen LogP contribution in [0.5, 0.6) is 0 Å². The van der Waals surface area contributed by atoms with Crippen LogP contribution in [0.25, 0.3) is 22.0 Å². The minimum atomic E-state index is -0.437. The van der Waals surface area contributed by atoms with Crippen molar-refractivity contribution in [1.29, 1.82) is 0 Å². The first-order valence-electron chi connectivity index (χ1n) is 7.25. The first kappa shape index (κ1) is 14.8. The topological polar surface area (TPSA) is 88.0 Å². The predicted octanol–water partition coefficient (Wildman–Crippen LogP) is 3.49. The van der Waals surface area contributed by atoms with Gasteiger partial charge in [0.2, 0.25) is 0 Å². The molecule has 0 aliphatic carbocycles. The number of carbonyl (C=O) groups excluding carboxylic acids is 1. The van der Waals surface area contributed by atoms with E-state index in [9.17, 15) is 14.9 Å². The maximum absolute atomic E-state index is 12.4. The minimum Gasteiger partial charge on any atom is -0.351 e. The van der Waals surface area contributed by atoms with E-state index < -0.39 is 4.92 Å². The quantitative estimate of drug-likeness (QED) is 0.571. The monoisotopic (exact) mass is 309 g/mol. The number of carbonyl (C=O) groups is 1. The lowest BCUT2D eigenvalue weighted by Gasteiger charge is -2.05. The fraction of sp³-hybridized carbons (Fsp3) is 0.118. The summed E-state index contributed by atoms with van der Waals surface area (Å²) in [5, 5.41) is 14.5. The molecule has 116 valence electrons. The van der Waals surface area contributed by atoms with Crippen LogP contribution < -0.4 is 5.32 Å². The van der Waals surface area contributed by atoms with E-state index in [0.29, 0.717) is 28.7 Å². The number of amides is 1. The highest BCUT2D eigenvalue weighted by molar-refractivity contribution is 6.10. The first-order chi connectivity index (χ1) is 11.1. The van der Waals surface area contributed by atoms with Gasteiger partial charge in [0.1, 0.15) is 5.69 Å². The average Bonchev–Trinajstić information content (AvgIpc) is 2.94. The van der Waals surface area contributed by atoms with Gasteiger partial charge in [-0.05, 0) is 18.6 Å². The van der Waals surface area contributed by atoms with Crippen LogP contribution in [0.4, 0.5) is 5.69 Å². The van der Waals surface area contributed by atoms with Crippen LogP contribution in [0.15, 0.2) is 48.5 Å². The molecule has 6 nitrogen and oxygen atoms in total. The van der Waals surface area contributed by atoms with E-state index in [0.717, 1.165) is 5.56 Å². The van der Waals surface area contributed by atoms with Gasteiger partial charge in [0.25, 0.3) is 11.6 Å². The molecule has 0 spiro atoms. The lowest BCUT2D eigenvalue weighted by atomic mass is 10.0. The van der Waals surface area contributed by atoms with Crippen LogP contribution in [0, 0.1) is 10.1 Å². The third-order valence-electron chi connectivity index (χ3n) is 3.62. The summed E-state index contributed by atoms with van der Waals surface area (Å²) in [6, 6.07) is 13.9. The van der Waals surface area contributed by atoms with Crippen molar-refractivity contribution in [2.75, 3.05) is 6.54 Å². The van der Waals surface area contributed by atoms with Gasteiger partial charge >= 0.3 is 0 Å². The van der Waals surface area contributed by atoms with Crippen LogP contribution >= 0.6 is 0 Å². The van der Waals surface area contributed by atoms with Crippen molar-refractivity contribution in [3.63, 3.8) is 0 Å². The smallest absolute Gasteiger partial charge is 0.270 e. The molecule has 0 saturated carbocycles. The number of H-pyrrole nitrogens is 1. The number of rotatable bonds is 4. The summed E-state index contributed by atoms with van der Waals surface area (Å²) in [7, 11) is 0. The van der Waals surface area contributed by atoms with Crippen molar-refractivity contribution < 1.29 is 9.72 Å². The molecule has 6 heteroatoms. The first-order valence-corrected chi connectivity index (χ1v) is 7.25. The molecule has 23 heavy (non-hydrogen) atoms. The number of benzene rings is 2. The predicted molar refractivity (Wildman–Crippen MR) is 88.4 cm³/mol. The highest BCUT2D eigenvalue weighted by Crippen LogP contribution is 2.34. The largest absolute Gasteiger partial charge is 0.351 e. The molecule has 3 rings (SSSR count). The van der Waals surface area contributed by atoms with Crippen molar-refractivity contribution in [2.45, 2.75) is 6.92 Å². The van der Waals surface area contributed by atoms with Crippen molar-refractivity contribution in [3.8, 4) is 11.1 Å². The number of nitrogens with one attached hydrogen (secondary N) is 2.